The van der Waals surface area contributed by atoms with Gasteiger partial charge in [0.25, 0.3) is 0 Å². The number of halogens is 1. The zero-order valence-corrected chi connectivity index (χ0v) is 11.9. The van der Waals surface area contributed by atoms with E-state index in [1.165, 1.54) is 0 Å². The van der Waals surface area contributed by atoms with Crippen LogP contribution in [0.2, 0.25) is 5.02 Å². The molecule has 1 heterocycles. The second kappa shape index (κ2) is 6.45. The van der Waals surface area contributed by atoms with Crippen LogP contribution < -0.4 is 11.1 Å². The summed E-state index contributed by atoms with van der Waals surface area (Å²) in [5, 5.41) is 3.21. The number of rotatable bonds is 5. The predicted molar refractivity (Wildman–Crippen MR) is 79.5 cm³/mol. The van der Waals surface area contributed by atoms with Crippen molar-refractivity contribution in [2.24, 2.45) is 0 Å². The largest absolute Gasteiger partial charge is 0.472 e. The van der Waals surface area contributed by atoms with Crippen LogP contribution in [-0.2, 0) is 11.3 Å². The Morgan fingerprint density at radius 3 is 2.95 bits per heavy atom. The molecule has 1 aromatic carbocycles. The van der Waals surface area contributed by atoms with Gasteiger partial charge in [-0.15, -0.1) is 0 Å². The number of carbonyl (C=O) groups is 1. The van der Waals surface area contributed by atoms with Gasteiger partial charge in [0.05, 0.1) is 29.8 Å². The highest BCUT2D eigenvalue weighted by Crippen LogP contribution is 2.23. The van der Waals surface area contributed by atoms with Crippen LogP contribution in [0.4, 0.5) is 11.4 Å². The lowest BCUT2D eigenvalue weighted by Crippen LogP contribution is -2.29. The average molecular weight is 294 g/mol. The summed E-state index contributed by atoms with van der Waals surface area (Å²) < 4.78 is 4.99. The Morgan fingerprint density at radius 2 is 2.25 bits per heavy atom. The molecule has 2 rings (SSSR count). The predicted octanol–water partition coefficient (Wildman–Crippen LogP) is 2.59. The van der Waals surface area contributed by atoms with E-state index in [0.29, 0.717) is 22.9 Å². The zero-order valence-electron chi connectivity index (χ0n) is 11.1. The van der Waals surface area contributed by atoms with Gasteiger partial charge in [-0.05, 0) is 31.3 Å². The maximum atomic E-state index is 11.9. The molecule has 3 N–H and O–H groups in total. The van der Waals surface area contributed by atoms with Gasteiger partial charge in [0.2, 0.25) is 5.91 Å². The summed E-state index contributed by atoms with van der Waals surface area (Å²) in [4.78, 5) is 13.8. The Kier molecular flexibility index (Phi) is 4.65. The maximum absolute atomic E-state index is 11.9. The van der Waals surface area contributed by atoms with Gasteiger partial charge in [0.1, 0.15) is 0 Å². The molecule has 0 fully saturated rings. The van der Waals surface area contributed by atoms with Gasteiger partial charge in [-0.2, -0.15) is 0 Å². The Bertz CT molecular complexity index is 584. The Balaban J connectivity index is 1.90. The van der Waals surface area contributed by atoms with Gasteiger partial charge in [-0.3, -0.25) is 9.69 Å². The highest BCUT2D eigenvalue weighted by Gasteiger charge is 2.10. The Morgan fingerprint density at radius 1 is 1.45 bits per heavy atom. The number of nitrogens with one attached hydrogen (secondary N) is 1. The minimum Gasteiger partial charge on any atom is -0.472 e. The highest BCUT2D eigenvalue weighted by molar-refractivity contribution is 6.33. The summed E-state index contributed by atoms with van der Waals surface area (Å²) in [6.45, 7) is 0.880. The van der Waals surface area contributed by atoms with Gasteiger partial charge in [-0.1, -0.05) is 11.6 Å². The number of nitrogen functional groups attached to an aromatic ring is 1. The molecule has 0 aliphatic carbocycles. The molecule has 0 bridgehead atoms. The van der Waals surface area contributed by atoms with E-state index in [0.717, 1.165) is 5.56 Å². The lowest BCUT2D eigenvalue weighted by molar-refractivity contribution is -0.117. The van der Waals surface area contributed by atoms with Gasteiger partial charge in [0, 0.05) is 17.8 Å². The third kappa shape index (κ3) is 4.01. The van der Waals surface area contributed by atoms with E-state index in [-0.39, 0.29) is 12.5 Å². The molecular weight excluding hydrogens is 278 g/mol. The SMILES string of the molecule is CN(CC(=O)Nc1cc(N)ccc1Cl)Cc1ccoc1. The van der Waals surface area contributed by atoms with Crippen LogP contribution in [0, 0.1) is 0 Å². The lowest BCUT2D eigenvalue weighted by atomic mass is 10.2. The second-order valence-corrected chi connectivity index (χ2v) is 5.00. The first-order valence-corrected chi connectivity index (χ1v) is 6.47. The molecule has 2 aromatic rings. The molecular formula is C14H16ClN3O2. The average Bonchev–Trinajstić information content (AvgIpc) is 2.86. The minimum atomic E-state index is -0.150. The second-order valence-electron chi connectivity index (χ2n) is 4.59. The third-order valence-corrected chi connectivity index (χ3v) is 3.04. The summed E-state index contributed by atoms with van der Waals surface area (Å²) in [5.41, 5.74) is 7.75. The first-order chi connectivity index (χ1) is 9.54. The van der Waals surface area contributed by atoms with Gasteiger partial charge in [0.15, 0.2) is 0 Å². The van der Waals surface area contributed by atoms with E-state index < -0.39 is 0 Å². The molecule has 0 aliphatic rings. The molecule has 106 valence electrons. The standard InChI is InChI=1S/C14H16ClN3O2/c1-18(7-10-4-5-20-9-10)8-14(19)17-13-6-11(16)2-3-12(13)15/h2-6,9H,7-8,16H2,1H3,(H,17,19). The van der Waals surface area contributed by atoms with Crippen molar-refractivity contribution in [2.45, 2.75) is 6.54 Å². The maximum Gasteiger partial charge on any atom is 0.238 e. The fourth-order valence-electron chi connectivity index (χ4n) is 1.82. The smallest absolute Gasteiger partial charge is 0.238 e. The summed E-state index contributed by atoms with van der Waals surface area (Å²) >= 11 is 6.00. The summed E-state index contributed by atoms with van der Waals surface area (Å²) in [7, 11) is 1.85. The summed E-state index contributed by atoms with van der Waals surface area (Å²) in [6.07, 6.45) is 3.26. The van der Waals surface area contributed by atoms with Crippen molar-refractivity contribution >= 4 is 28.9 Å². The van der Waals surface area contributed by atoms with Crippen molar-refractivity contribution in [1.29, 1.82) is 0 Å². The van der Waals surface area contributed by atoms with Crippen molar-refractivity contribution in [3.63, 3.8) is 0 Å². The molecule has 1 aromatic heterocycles. The van der Waals surface area contributed by atoms with Crippen LogP contribution in [0.25, 0.3) is 0 Å². The number of furan rings is 1. The van der Waals surface area contributed by atoms with Crippen LogP contribution >= 0.6 is 11.6 Å². The summed E-state index contributed by atoms with van der Waals surface area (Å²) in [5.74, 6) is -0.150. The number of carbonyl (C=O) groups excluding carboxylic acids is 1. The van der Waals surface area contributed by atoms with Crippen molar-refractivity contribution in [3.05, 3.63) is 47.4 Å². The molecule has 0 aliphatic heterocycles. The number of likely N-dealkylation sites (N-methyl/N-ethyl adjacent to an activating group) is 1. The van der Waals surface area contributed by atoms with Crippen LogP contribution in [0.3, 0.4) is 0 Å². The van der Waals surface area contributed by atoms with Crippen LogP contribution in [-0.4, -0.2) is 24.4 Å². The molecule has 6 heteroatoms. The quantitative estimate of drug-likeness (QED) is 0.831. The number of hydrogen-bond acceptors (Lipinski definition) is 4. The number of nitrogens with two attached hydrogens (primary N) is 1. The van der Waals surface area contributed by atoms with Gasteiger partial charge < -0.3 is 15.5 Å². The highest BCUT2D eigenvalue weighted by atomic mass is 35.5. The normalized spacial score (nSPS) is 10.8. The Hall–Kier alpha value is -1.98. The molecule has 20 heavy (non-hydrogen) atoms. The molecule has 5 nitrogen and oxygen atoms in total. The van der Waals surface area contributed by atoms with E-state index in [1.807, 2.05) is 18.0 Å². The number of nitrogens with zero attached hydrogens (tertiary/aromatic N) is 1. The first kappa shape index (κ1) is 14.4. The lowest BCUT2D eigenvalue weighted by Gasteiger charge is -2.15. The molecule has 0 radical (unpaired) electrons. The van der Waals surface area contributed by atoms with E-state index >= 15 is 0 Å². The van der Waals surface area contributed by atoms with E-state index in [4.69, 9.17) is 21.8 Å². The van der Waals surface area contributed by atoms with Crippen molar-refractivity contribution in [1.82, 2.24) is 4.90 Å². The number of amides is 1. The van der Waals surface area contributed by atoms with E-state index in [1.54, 1.807) is 30.7 Å². The first-order valence-electron chi connectivity index (χ1n) is 6.09. The van der Waals surface area contributed by atoms with Crippen molar-refractivity contribution in [3.8, 4) is 0 Å². The zero-order chi connectivity index (χ0) is 14.5. The molecule has 0 unspecified atom stereocenters. The van der Waals surface area contributed by atoms with Gasteiger partial charge >= 0.3 is 0 Å². The number of hydrogen-bond donors (Lipinski definition) is 2. The van der Waals surface area contributed by atoms with Crippen molar-refractivity contribution in [2.75, 3.05) is 24.6 Å². The van der Waals surface area contributed by atoms with Crippen LogP contribution in [0.1, 0.15) is 5.56 Å². The number of anilines is 2. The fourth-order valence-corrected chi connectivity index (χ4v) is 1.99. The number of benzene rings is 1. The topological polar surface area (TPSA) is 71.5 Å². The molecule has 0 spiro atoms. The molecule has 1 amide bonds. The minimum absolute atomic E-state index is 0.150. The van der Waals surface area contributed by atoms with Crippen LogP contribution in [0.15, 0.2) is 41.2 Å². The van der Waals surface area contributed by atoms with Crippen molar-refractivity contribution < 1.29 is 9.21 Å². The molecule has 0 saturated heterocycles. The Labute approximate surface area is 122 Å². The summed E-state index contributed by atoms with van der Waals surface area (Å²) in [6, 6.07) is 6.84. The van der Waals surface area contributed by atoms with Crippen LogP contribution in [0.5, 0.6) is 0 Å². The molecule has 0 atom stereocenters. The van der Waals surface area contributed by atoms with Gasteiger partial charge in [-0.25, -0.2) is 0 Å². The van der Waals surface area contributed by atoms with E-state index in [9.17, 15) is 4.79 Å². The molecule has 0 saturated carbocycles. The monoisotopic (exact) mass is 293 g/mol. The van der Waals surface area contributed by atoms with E-state index in [2.05, 4.69) is 5.32 Å². The fraction of sp³-hybridized carbons (Fsp3) is 0.214. The third-order valence-electron chi connectivity index (χ3n) is 2.71.